The molecule has 0 bridgehead atoms. The molecule has 2 aliphatic rings. The third-order valence-electron chi connectivity index (χ3n) is 5.73. The summed E-state index contributed by atoms with van der Waals surface area (Å²) in [5, 5.41) is 3.37. The van der Waals surface area contributed by atoms with Crippen molar-refractivity contribution in [2.75, 3.05) is 45.9 Å². The summed E-state index contributed by atoms with van der Waals surface area (Å²) in [7, 11) is 0. The molecule has 1 N–H and O–H groups in total. The highest BCUT2D eigenvalue weighted by atomic mass is 16.6. The van der Waals surface area contributed by atoms with E-state index in [9.17, 15) is 14.4 Å². The molecule has 0 aromatic heterocycles. The van der Waals surface area contributed by atoms with E-state index in [2.05, 4.69) is 12.2 Å². The van der Waals surface area contributed by atoms with Crippen molar-refractivity contribution in [3.05, 3.63) is 0 Å². The van der Waals surface area contributed by atoms with Crippen molar-refractivity contribution in [1.29, 1.82) is 0 Å². The molecule has 2 heterocycles. The monoisotopic (exact) mass is 426 g/mol. The summed E-state index contributed by atoms with van der Waals surface area (Å²) in [5.41, 5.74) is -0.537. The summed E-state index contributed by atoms with van der Waals surface area (Å²) < 4.78 is 10.6. The smallest absolute Gasteiger partial charge is 0.410 e. The van der Waals surface area contributed by atoms with Crippen LogP contribution in [0.25, 0.3) is 0 Å². The molecule has 3 amide bonds. The van der Waals surface area contributed by atoms with E-state index in [4.69, 9.17) is 9.47 Å². The molecular formula is C21H38N4O5. The number of ether oxygens (including phenoxy) is 2. The van der Waals surface area contributed by atoms with Gasteiger partial charge in [0.05, 0.1) is 13.2 Å². The molecule has 30 heavy (non-hydrogen) atoms. The highest BCUT2D eigenvalue weighted by Gasteiger charge is 2.37. The lowest BCUT2D eigenvalue weighted by Crippen LogP contribution is -2.60. The van der Waals surface area contributed by atoms with E-state index in [-0.39, 0.29) is 36.7 Å². The molecule has 2 aliphatic heterocycles. The molecule has 0 spiro atoms. The van der Waals surface area contributed by atoms with Crippen LogP contribution in [0.15, 0.2) is 0 Å². The van der Waals surface area contributed by atoms with Gasteiger partial charge in [0, 0.05) is 44.8 Å². The normalized spacial score (nSPS) is 25.1. The third kappa shape index (κ3) is 6.48. The Morgan fingerprint density at radius 3 is 2.13 bits per heavy atom. The molecule has 9 heteroatoms. The standard InChI is InChI=1S/C21H38N4O5/c1-7-29-19(27)24-12-10-23(11-13-24)17(26)14-22-18-15(2)8-9-25(16(18)3)20(28)30-21(4,5)6/h15-16,18,22H,7-14H2,1-6H3/t15-,16-,18-/m1/s1. The first-order valence-electron chi connectivity index (χ1n) is 11.0. The molecular weight excluding hydrogens is 388 g/mol. The zero-order valence-corrected chi connectivity index (χ0v) is 19.3. The second-order valence-corrected chi connectivity index (χ2v) is 9.15. The minimum Gasteiger partial charge on any atom is -0.450 e. The molecule has 2 rings (SSSR count). The van der Waals surface area contributed by atoms with Gasteiger partial charge in [0.25, 0.3) is 0 Å². The van der Waals surface area contributed by atoms with Gasteiger partial charge >= 0.3 is 12.2 Å². The first-order valence-corrected chi connectivity index (χ1v) is 11.0. The molecule has 2 fully saturated rings. The Hall–Kier alpha value is -2.03. The maximum Gasteiger partial charge on any atom is 0.410 e. The molecule has 0 aromatic carbocycles. The predicted molar refractivity (Wildman–Crippen MR) is 113 cm³/mol. The number of hydrogen-bond acceptors (Lipinski definition) is 6. The Bertz CT molecular complexity index is 613. The SMILES string of the molecule is CCOC(=O)N1CCN(C(=O)CN[C@@H]2[C@H](C)CCN(C(=O)OC(C)(C)C)[C@@H]2C)CC1. The Morgan fingerprint density at radius 2 is 1.57 bits per heavy atom. The average molecular weight is 427 g/mol. The number of piperidine rings is 1. The van der Waals surface area contributed by atoms with Gasteiger partial charge in [-0.25, -0.2) is 9.59 Å². The molecule has 9 nitrogen and oxygen atoms in total. The van der Waals surface area contributed by atoms with Gasteiger partial charge in [0.15, 0.2) is 0 Å². The number of nitrogens with one attached hydrogen (secondary N) is 1. The zero-order chi connectivity index (χ0) is 22.5. The van der Waals surface area contributed by atoms with E-state index >= 15 is 0 Å². The van der Waals surface area contributed by atoms with E-state index in [1.54, 1.807) is 21.6 Å². The lowest BCUT2D eigenvalue weighted by atomic mass is 9.87. The van der Waals surface area contributed by atoms with Gasteiger partial charge in [-0.3, -0.25) is 4.79 Å². The van der Waals surface area contributed by atoms with Crippen LogP contribution in [0.4, 0.5) is 9.59 Å². The summed E-state index contributed by atoms with van der Waals surface area (Å²) in [4.78, 5) is 42.2. The van der Waals surface area contributed by atoms with Crippen molar-refractivity contribution in [3.8, 4) is 0 Å². The number of likely N-dealkylation sites (tertiary alicyclic amines) is 1. The average Bonchev–Trinajstić information content (AvgIpc) is 2.66. The van der Waals surface area contributed by atoms with Crippen molar-refractivity contribution in [3.63, 3.8) is 0 Å². The molecule has 0 aliphatic carbocycles. The Kier molecular flexibility index (Phi) is 8.34. The summed E-state index contributed by atoms with van der Waals surface area (Å²) in [5.74, 6) is 0.347. The molecule has 0 saturated carbocycles. The quantitative estimate of drug-likeness (QED) is 0.738. The Morgan fingerprint density at radius 1 is 0.967 bits per heavy atom. The molecule has 172 valence electrons. The van der Waals surface area contributed by atoms with Gasteiger partial charge in [-0.1, -0.05) is 6.92 Å². The van der Waals surface area contributed by atoms with Crippen LogP contribution < -0.4 is 5.32 Å². The topological polar surface area (TPSA) is 91.4 Å². The number of carbonyl (C=O) groups excluding carboxylic acids is 3. The van der Waals surface area contributed by atoms with E-state index in [0.29, 0.717) is 45.2 Å². The number of nitrogens with zero attached hydrogens (tertiary/aromatic N) is 3. The summed E-state index contributed by atoms with van der Waals surface area (Å²) >= 11 is 0. The van der Waals surface area contributed by atoms with Crippen molar-refractivity contribution in [2.24, 2.45) is 5.92 Å². The fraction of sp³-hybridized carbons (Fsp3) is 0.857. The third-order valence-corrected chi connectivity index (χ3v) is 5.73. The number of carbonyl (C=O) groups is 3. The van der Waals surface area contributed by atoms with Crippen molar-refractivity contribution in [2.45, 2.75) is 65.6 Å². The maximum absolute atomic E-state index is 12.7. The fourth-order valence-corrected chi connectivity index (χ4v) is 4.02. The molecule has 0 radical (unpaired) electrons. The summed E-state index contributed by atoms with van der Waals surface area (Å²) in [6.45, 7) is 14.7. The summed E-state index contributed by atoms with van der Waals surface area (Å²) in [6.07, 6.45) is 0.220. The second kappa shape index (κ2) is 10.3. The van der Waals surface area contributed by atoms with Crippen LogP contribution in [0.3, 0.4) is 0 Å². The second-order valence-electron chi connectivity index (χ2n) is 9.15. The van der Waals surface area contributed by atoms with Crippen molar-refractivity contribution in [1.82, 2.24) is 20.0 Å². The van der Waals surface area contributed by atoms with Gasteiger partial charge in [-0.05, 0) is 47.0 Å². The van der Waals surface area contributed by atoms with E-state index < -0.39 is 5.60 Å². The van der Waals surface area contributed by atoms with Crippen LogP contribution in [0.2, 0.25) is 0 Å². The molecule has 0 aromatic rings. The lowest BCUT2D eigenvalue weighted by molar-refractivity contribution is -0.132. The molecule has 3 atom stereocenters. The first kappa shape index (κ1) is 24.2. The maximum atomic E-state index is 12.7. The number of rotatable bonds is 4. The van der Waals surface area contributed by atoms with Crippen LogP contribution in [-0.4, -0.2) is 96.4 Å². The van der Waals surface area contributed by atoms with Crippen LogP contribution in [0.1, 0.15) is 48.0 Å². The van der Waals surface area contributed by atoms with Gasteiger partial charge in [0.1, 0.15) is 5.60 Å². The first-order chi connectivity index (χ1) is 14.0. The Labute approximate surface area is 180 Å². The minimum absolute atomic E-state index is 0.00676. The van der Waals surface area contributed by atoms with Gasteiger partial charge in [0.2, 0.25) is 5.91 Å². The van der Waals surface area contributed by atoms with Crippen molar-refractivity contribution >= 4 is 18.1 Å². The number of hydrogen-bond donors (Lipinski definition) is 1. The Balaban J connectivity index is 1.85. The lowest BCUT2D eigenvalue weighted by Gasteiger charge is -2.43. The molecule has 0 unspecified atom stereocenters. The van der Waals surface area contributed by atoms with Crippen LogP contribution >= 0.6 is 0 Å². The van der Waals surface area contributed by atoms with E-state index in [0.717, 1.165) is 6.42 Å². The van der Waals surface area contributed by atoms with Gasteiger partial charge < -0.3 is 29.5 Å². The number of amides is 3. The predicted octanol–water partition coefficient (Wildman–Crippen LogP) is 1.91. The van der Waals surface area contributed by atoms with Gasteiger partial charge in [-0.2, -0.15) is 0 Å². The van der Waals surface area contributed by atoms with E-state index in [1.165, 1.54) is 0 Å². The number of piperazine rings is 1. The minimum atomic E-state index is -0.537. The highest BCUT2D eigenvalue weighted by Crippen LogP contribution is 2.25. The summed E-state index contributed by atoms with van der Waals surface area (Å²) in [6, 6.07) is -0.0619. The molecule has 2 saturated heterocycles. The van der Waals surface area contributed by atoms with E-state index in [1.807, 2.05) is 27.7 Å². The van der Waals surface area contributed by atoms with Crippen LogP contribution in [-0.2, 0) is 14.3 Å². The van der Waals surface area contributed by atoms with Crippen molar-refractivity contribution < 1.29 is 23.9 Å². The fourth-order valence-electron chi connectivity index (χ4n) is 4.02. The largest absolute Gasteiger partial charge is 0.450 e. The van der Waals surface area contributed by atoms with Crippen LogP contribution in [0, 0.1) is 5.92 Å². The highest BCUT2D eigenvalue weighted by molar-refractivity contribution is 5.79. The van der Waals surface area contributed by atoms with Crippen LogP contribution in [0.5, 0.6) is 0 Å². The zero-order valence-electron chi connectivity index (χ0n) is 19.3. The van der Waals surface area contributed by atoms with Gasteiger partial charge in [-0.15, -0.1) is 0 Å².